The minimum atomic E-state index is -4.17. The van der Waals surface area contributed by atoms with Crippen molar-refractivity contribution in [1.82, 2.24) is 0 Å². The summed E-state index contributed by atoms with van der Waals surface area (Å²) in [5.41, 5.74) is 5.15. The number of nitrogens with two attached hydrogens (primary N) is 1. The molecule has 0 bridgehead atoms. The molecule has 0 amide bonds. The molecule has 5 heteroatoms. The molecule has 0 saturated carbocycles. The van der Waals surface area contributed by atoms with Crippen LogP contribution in [0.5, 0.6) is 0 Å². The van der Waals surface area contributed by atoms with Crippen LogP contribution in [-0.2, 0) is 4.79 Å². The Balaban J connectivity index is 3.51. The lowest BCUT2D eigenvalue weighted by atomic mass is 10.1. The van der Waals surface area contributed by atoms with E-state index in [1.807, 2.05) is 0 Å². The van der Waals surface area contributed by atoms with E-state index in [1.54, 1.807) is 0 Å². The highest BCUT2D eigenvalue weighted by Crippen LogP contribution is 2.22. The van der Waals surface area contributed by atoms with Crippen LogP contribution in [0.1, 0.15) is 26.2 Å². The van der Waals surface area contributed by atoms with Gasteiger partial charge in [-0.1, -0.05) is 0 Å². The second-order valence-electron chi connectivity index (χ2n) is 2.72. The Labute approximate surface area is 68.9 Å². The van der Waals surface area contributed by atoms with E-state index in [0.29, 0.717) is 0 Å². The first-order valence-electron chi connectivity index (χ1n) is 3.68. The Kier molecular flexibility index (Phi) is 4.23. The molecular formula is C7H12F3NO. The minimum Gasteiger partial charge on any atom is -0.322 e. The van der Waals surface area contributed by atoms with Gasteiger partial charge in [0.2, 0.25) is 0 Å². The van der Waals surface area contributed by atoms with Crippen LogP contribution >= 0.6 is 0 Å². The van der Waals surface area contributed by atoms with Crippen molar-refractivity contribution in [1.29, 1.82) is 0 Å². The number of hydrogen-bond acceptors (Lipinski definition) is 2. The van der Waals surface area contributed by atoms with E-state index < -0.39 is 18.6 Å². The van der Waals surface area contributed by atoms with E-state index in [-0.39, 0.29) is 18.6 Å². The van der Waals surface area contributed by atoms with E-state index in [9.17, 15) is 18.0 Å². The van der Waals surface area contributed by atoms with Crippen LogP contribution in [0, 0.1) is 0 Å². The summed E-state index contributed by atoms with van der Waals surface area (Å²) >= 11 is 0. The summed E-state index contributed by atoms with van der Waals surface area (Å²) in [7, 11) is 0. The van der Waals surface area contributed by atoms with Crippen LogP contribution in [-0.4, -0.2) is 18.0 Å². The molecule has 0 aromatic rings. The van der Waals surface area contributed by atoms with Crippen molar-refractivity contribution in [2.75, 3.05) is 0 Å². The Morgan fingerprint density at radius 1 is 1.50 bits per heavy atom. The highest BCUT2D eigenvalue weighted by molar-refractivity contribution is 5.83. The Bertz CT molecular complexity index is 153. The van der Waals surface area contributed by atoms with Gasteiger partial charge in [-0.3, -0.25) is 4.79 Å². The fourth-order valence-corrected chi connectivity index (χ4v) is 0.691. The standard InChI is InChI=1S/C7H12F3NO/c1-5(11)6(12)3-2-4-7(8,9)10/h5H,2-4,11H2,1H3. The number of hydrogen-bond donors (Lipinski definition) is 1. The number of rotatable bonds is 4. The quantitative estimate of drug-likeness (QED) is 0.719. The number of carbonyl (C=O) groups excluding carboxylic acids is 1. The largest absolute Gasteiger partial charge is 0.389 e. The van der Waals surface area contributed by atoms with Gasteiger partial charge in [-0.05, 0) is 13.3 Å². The molecule has 1 unspecified atom stereocenters. The van der Waals surface area contributed by atoms with E-state index in [4.69, 9.17) is 5.73 Å². The maximum Gasteiger partial charge on any atom is 0.389 e. The average Bonchev–Trinajstić information content (AvgIpc) is 1.84. The van der Waals surface area contributed by atoms with Crippen LogP contribution in [0.3, 0.4) is 0 Å². The molecule has 0 fully saturated rings. The molecule has 0 radical (unpaired) electrons. The molecule has 2 nitrogen and oxygen atoms in total. The monoisotopic (exact) mass is 183 g/mol. The van der Waals surface area contributed by atoms with Gasteiger partial charge in [0, 0.05) is 12.8 Å². The van der Waals surface area contributed by atoms with E-state index in [0.717, 1.165) is 0 Å². The summed E-state index contributed by atoms with van der Waals surface area (Å²) < 4.78 is 34.7. The Morgan fingerprint density at radius 2 is 2.00 bits per heavy atom. The van der Waals surface area contributed by atoms with E-state index in [1.165, 1.54) is 6.92 Å². The maximum atomic E-state index is 11.6. The van der Waals surface area contributed by atoms with Crippen molar-refractivity contribution >= 4 is 5.78 Å². The zero-order chi connectivity index (χ0) is 9.78. The molecular weight excluding hydrogens is 171 g/mol. The molecule has 0 aromatic heterocycles. The second-order valence-corrected chi connectivity index (χ2v) is 2.72. The number of alkyl halides is 3. The van der Waals surface area contributed by atoms with Gasteiger partial charge >= 0.3 is 6.18 Å². The van der Waals surface area contributed by atoms with Crippen molar-refractivity contribution in [2.24, 2.45) is 5.73 Å². The molecule has 2 N–H and O–H groups in total. The van der Waals surface area contributed by atoms with Crippen molar-refractivity contribution in [3.63, 3.8) is 0 Å². The Morgan fingerprint density at radius 3 is 2.33 bits per heavy atom. The molecule has 0 heterocycles. The normalized spacial score (nSPS) is 14.4. The summed E-state index contributed by atoms with van der Waals surface area (Å²) in [6.07, 6.45) is -5.33. The third-order valence-corrected chi connectivity index (χ3v) is 1.39. The van der Waals surface area contributed by atoms with Crippen LogP contribution < -0.4 is 5.73 Å². The average molecular weight is 183 g/mol. The zero-order valence-electron chi connectivity index (χ0n) is 6.82. The van der Waals surface area contributed by atoms with Crippen molar-refractivity contribution in [3.8, 4) is 0 Å². The predicted molar refractivity (Wildman–Crippen MR) is 38.6 cm³/mol. The lowest BCUT2D eigenvalue weighted by molar-refractivity contribution is -0.137. The molecule has 0 aliphatic rings. The lowest BCUT2D eigenvalue weighted by Crippen LogP contribution is -2.26. The zero-order valence-corrected chi connectivity index (χ0v) is 6.82. The fraction of sp³-hybridized carbons (Fsp3) is 0.857. The van der Waals surface area contributed by atoms with Crippen LogP contribution in [0.4, 0.5) is 13.2 Å². The van der Waals surface area contributed by atoms with Gasteiger partial charge in [0.1, 0.15) is 5.78 Å². The van der Waals surface area contributed by atoms with Crippen LogP contribution in [0.25, 0.3) is 0 Å². The van der Waals surface area contributed by atoms with Crippen molar-refractivity contribution < 1.29 is 18.0 Å². The van der Waals surface area contributed by atoms with Crippen LogP contribution in [0.15, 0.2) is 0 Å². The SMILES string of the molecule is CC(N)C(=O)CCCC(F)(F)F. The van der Waals surface area contributed by atoms with Gasteiger partial charge < -0.3 is 5.73 Å². The molecule has 0 saturated heterocycles. The number of halogens is 3. The van der Waals surface area contributed by atoms with Crippen LogP contribution in [0.2, 0.25) is 0 Å². The number of Topliss-reactive ketones (excluding diaryl/α,β-unsaturated/α-hetero) is 1. The summed E-state index contributed by atoms with van der Waals surface area (Å²) in [5, 5.41) is 0. The summed E-state index contributed by atoms with van der Waals surface area (Å²) in [5.74, 6) is -0.320. The molecule has 0 rings (SSSR count). The van der Waals surface area contributed by atoms with Gasteiger partial charge in [0.05, 0.1) is 6.04 Å². The second kappa shape index (κ2) is 4.45. The minimum absolute atomic E-state index is 0.0861. The molecule has 72 valence electrons. The first-order valence-corrected chi connectivity index (χ1v) is 3.68. The maximum absolute atomic E-state index is 11.6. The fourth-order valence-electron chi connectivity index (χ4n) is 0.691. The first kappa shape index (κ1) is 11.4. The molecule has 0 aromatic carbocycles. The van der Waals surface area contributed by atoms with Gasteiger partial charge in [0.25, 0.3) is 0 Å². The Hall–Kier alpha value is -0.580. The van der Waals surface area contributed by atoms with E-state index >= 15 is 0 Å². The molecule has 12 heavy (non-hydrogen) atoms. The molecule has 0 spiro atoms. The van der Waals surface area contributed by atoms with Gasteiger partial charge in [-0.15, -0.1) is 0 Å². The summed E-state index contributed by atoms with van der Waals surface area (Å²) in [4.78, 5) is 10.7. The topological polar surface area (TPSA) is 43.1 Å². The van der Waals surface area contributed by atoms with Gasteiger partial charge in [-0.25, -0.2) is 0 Å². The smallest absolute Gasteiger partial charge is 0.322 e. The number of ketones is 1. The molecule has 1 atom stereocenters. The highest BCUT2D eigenvalue weighted by Gasteiger charge is 2.26. The summed E-state index contributed by atoms with van der Waals surface area (Å²) in [6.45, 7) is 1.47. The predicted octanol–water partition coefficient (Wildman–Crippen LogP) is 1.64. The van der Waals surface area contributed by atoms with Gasteiger partial charge in [-0.2, -0.15) is 13.2 Å². The third-order valence-electron chi connectivity index (χ3n) is 1.39. The molecule has 0 aliphatic carbocycles. The highest BCUT2D eigenvalue weighted by atomic mass is 19.4. The van der Waals surface area contributed by atoms with Crippen molar-refractivity contribution in [3.05, 3.63) is 0 Å². The van der Waals surface area contributed by atoms with Gasteiger partial charge in [0.15, 0.2) is 0 Å². The third kappa shape index (κ3) is 6.15. The first-order chi connectivity index (χ1) is 5.33. The number of carbonyl (C=O) groups is 1. The lowest BCUT2D eigenvalue weighted by Gasteiger charge is -2.06. The van der Waals surface area contributed by atoms with E-state index in [2.05, 4.69) is 0 Å². The molecule has 0 aliphatic heterocycles. The van der Waals surface area contributed by atoms with Crippen molar-refractivity contribution in [2.45, 2.75) is 38.4 Å². The summed E-state index contributed by atoms with van der Waals surface area (Å²) in [6, 6.07) is -0.654.